The lowest BCUT2D eigenvalue weighted by Gasteiger charge is -2.06. The Hall–Kier alpha value is -2.93. The maximum atomic E-state index is 6.13. The fraction of sp³-hybridized carbons (Fsp3) is 0.238. The van der Waals surface area contributed by atoms with Crippen molar-refractivity contribution in [3.63, 3.8) is 0 Å². The normalized spacial score (nSPS) is 11.1. The molecule has 0 saturated heterocycles. The van der Waals surface area contributed by atoms with Gasteiger partial charge in [0.2, 0.25) is 0 Å². The molecule has 0 bridgehead atoms. The summed E-state index contributed by atoms with van der Waals surface area (Å²) in [6.45, 7) is 0.837. The fourth-order valence-corrected chi connectivity index (χ4v) is 3.92. The minimum absolute atomic E-state index is 0.445. The van der Waals surface area contributed by atoms with E-state index >= 15 is 0 Å². The van der Waals surface area contributed by atoms with Crippen LogP contribution >= 0.6 is 11.8 Å². The SMILES string of the molecule is Nc1nc(SCCc2ccccc2)nc2c1ncn2CCCc1ccncc1. The molecule has 4 aromatic rings. The van der Waals surface area contributed by atoms with Gasteiger partial charge in [0.1, 0.15) is 5.52 Å². The smallest absolute Gasteiger partial charge is 0.191 e. The summed E-state index contributed by atoms with van der Waals surface area (Å²) in [6.07, 6.45) is 8.42. The Morgan fingerprint density at radius 2 is 1.71 bits per heavy atom. The second-order valence-electron chi connectivity index (χ2n) is 6.54. The van der Waals surface area contributed by atoms with Crippen LogP contribution < -0.4 is 5.73 Å². The number of hydrogen-bond donors (Lipinski definition) is 1. The largest absolute Gasteiger partial charge is 0.382 e. The Bertz CT molecular complexity index is 1030. The summed E-state index contributed by atoms with van der Waals surface area (Å²) in [5.74, 6) is 1.35. The number of thioether (sulfide) groups is 1. The van der Waals surface area contributed by atoms with Crippen LogP contribution in [-0.2, 0) is 19.4 Å². The molecule has 6 nitrogen and oxygen atoms in total. The van der Waals surface area contributed by atoms with Crippen molar-refractivity contribution >= 4 is 28.7 Å². The van der Waals surface area contributed by atoms with E-state index in [9.17, 15) is 0 Å². The molecule has 142 valence electrons. The molecular formula is C21H22N6S. The van der Waals surface area contributed by atoms with Gasteiger partial charge in [-0.05, 0) is 42.5 Å². The molecule has 0 aliphatic carbocycles. The van der Waals surface area contributed by atoms with E-state index in [0.717, 1.165) is 37.2 Å². The number of hydrogen-bond acceptors (Lipinski definition) is 6. The third kappa shape index (κ3) is 4.48. The fourth-order valence-electron chi connectivity index (χ4n) is 3.08. The molecule has 2 N–H and O–H groups in total. The molecule has 0 spiro atoms. The quantitative estimate of drug-likeness (QED) is 0.364. The van der Waals surface area contributed by atoms with Gasteiger partial charge in [-0.25, -0.2) is 15.0 Å². The number of nitrogens with zero attached hydrogens (tertiary/aromatic N) is 5. The van der Waals surface area contributed by atoms with Gasteiger partial charge in [-0.3, -0.25) is 4.98 Å². The maximum absolute atomic E-state index is 6.13. The number of aryl methyl sites for hydroxylation is 3. The Morgan fingerprint density at radius 1 is 0.929 bits per heavy atom. The standard InChI is InChI=1S/C21H22N6S/c22-19-18-20(26-21(25-19)28-14-10-16-5-2-1-3-6-16)27(15-24-18)13-4-7-17-8-11-23-12-9-17/h1-3,5-6,8-9,11-12,15H,4,7,10,13-14H2,(H2,22,25,26). The summed E-state index contributed by atoms with van der Waals surface area (Å²) in [7, 11) is 0. The summed E-state index contributed by atoms with van der Waals surface area (Å²) < 4.78 is 2.07. The van der Waals surface area contributed by atoms with Crippen LogP contribution in [0.4, 0.5) is 5.82 Å². The van der Waals surface area contributed by atoms with Gasteiger partial charge >= 0.3 is 0 Å². The van der Waals surface area contributed by atoms with Crippen LogP contribution in [-0.4, -0.2) is 30.3 Å². The van der Waals surface area contributed by atoms with Crippen molar-refractivity contribution in [2.24, 2.45) is 0 Å². The van der Waals surface area contributed by atoms with Gasteiger partial charge in [-0.1, -0.05) is 42.1 Å². The van der Waals surface area contributed by atoms with Crippen molar-refractivity contribution < 1.29 is 0 Å². The van der Waals surface area contributed by atoms with Crippen molar-refractivity contribution in [1.29, 1.82) is 0 Å². The van der Waals surface area contributed by atoms with Crippen LogP contribution in [0.3, 0.4) is 0 Å². The Balaban J connectivity index is 1.42. The molecule has 0 radical (unpaired) electrons. The van der Waals surface area contributed by atoms with E-state index in [1.807, 2.05) is 30.6 Å². The lowest BCUT2D eigenvalue weighted by molar-refractivity contribution is 0.650. The first-order valence-electron chi connectivity index (χ1n) is 9.33. The topological polar surface area (TPSA) is 82.5 Å². The highest BCUT2D eigenvalue weighted by molar-refractivity contribution is 7.99. The second-order valence-corrected chi connectivity index (χ2v) is 7.61. The van der Waals surface area contributed by atoms with Gasteiger partial charge in [0.15, 0.2) is 16.6 Å². The molecule has 0 atom stereocenters. The molecule has 0 fully saturated rings. The van der Waals surface area contributed by atoms with E-state index in [1.54, 1.807) is 18.1 Å². The number of rotatable bonds is 8. The van der Waals surface area contributed by atoms with Gasteiger partial charge in [0.25, 0.3) is 0 Å². The summed E-state index contributed by atoms with van der Waals surface area (Å²) >= 11 is 1.63. The summed E-state index contributed by atoms with van der Waals surface area (Å²) in [4.78, 5) is 17.6. The van der Waals surface area contributed by atoms with E-state index in [1.165, 1.54) is 11.1 Å². The number of anilines is 1. The van der Waals surface area contributed by atoms with E-state index in [2.05, 4.69) is 43.8 Å². The molecule has 0 saturated carbocycles. The highest BCUT2D eigenvalue weighted by atomic mass is 32.2. The molecule has 7 heteroatoms. The molecule has 0 unspecified atom stereocenters. The molecule has 0 aliphatic rings. The van der Waals surface area contributed by atoms with Gasteiger partial charge in [-0.15, -0.1) is 0 Å². The van der Waals surface area contributed by atoms with E-state index in [4.69, 9.17) is 10.7 Å². The average molecular weight is 391 g/mol. The zero-order chi connectivity index (χ0) is 19.2. The predicted molar refractivity (Wildman–Crippen MR) is 113 cm³/mol. The predicted octanol–water partition coefficient (Wildman–Crippen LogP) is 3.77. The Labute approximate surface area is 168 Å². The summed E-state index contributed by atoms with van der Waals surface area (Å²) in [5.41, 5.74) is 10.2. The van der Waals surface area contributed by atoms with Crippen LogP contribution in [0, 0.1) is 0 Å². The van der Waals surface area contributed by atoms with Crippen molar-refractivity contribution in [2.45, 2.75) is 31.0 Å². The number of aromatic nitrogens is 5. The average Bonchev–Trinajstić information content (AvgIpc) is 3.13. The number of fused-ring (bicyclic) bond motifs is 1. The van der Waals surface area contributed by atoms with Crippen LogP contribution in [0.25, 0.3) is 11.2 Å². The van der Waals surface area contributed by atoms with E-state index in [0.29, 0.717) is 16.5 Å². The highest BCUT2D eigenvalue weighted by Crippen LogP contribution is 2.22. The number of nitrogen functional groups attached to an aromatic ring is 1. The van der Waals surface area contributed by atoms with Gasteiger partial charge in [0, 0.05) is 24.7 Å². The first-order valence-corrected chi connectivity index (χ1v) is 10.3. The minimum atomic E-state index is 0.445. The second kappa shape index (κ2) is 8.84. The highest BCUT2D eigenvalue weighted by Gasteiger charge is 2.11. The number of benzene rings is 1. The van der Waals surface area contributed by atoms with Crippen LogP contribution in [0.1, 0.15) is 17.5 Å². The molecule has 3 heterocycles. The molecule has 0 amide bonds. The molecule has 0 aliphatic heterocycles. The van der Waals surface area contributed by atoms with Crippen LogP contribution in [0.15, 0.2) is 66.3 Å². The first-order chi connectivity index (χ1) is 13.8. The van der Waals surface area contributed by atoms with Crippen LogP contribution in [0.5, 0.6) is 0 Å². The molecule has 1 aromatic carbocycles. The lowest BCUT2D eigenvalue weighted by Crippen LogP contribution is -2.03. The zero-order valence-electron chi connectivity index (χ0n) is 15.5. The number of pyridine rings is 1. The summed E-state index contributed by atoms with van der Waals surface area (Å²) in [6, 6.07) is 14.5. The number of nitrogens with two attached hydrogens (primary N) is 1. The molecular weight excluding hydrogens is 368 g/mol. The summed E-state index contributed by atoms with van der Waals surface area (Å²) in [5, 5.41) is 0.705. The monoisotopic (exact) mass is 390 g/mol. The lowest BCUT2D eigenvalue weighted by atomic mass is 10.1. The third-order valence-electron chi connectivity index (χ3n) is 4.55. The van der Waals surface area contributed by atoms with Crippen molar-refractivity contribution in [1.82, 2.24) is 24.5 Å². The van der Waals surface area contributed by atoms with Crippen molar-refractivity contribution in [3.05, 3.63) is 72.3 Å². The van der Waals surface area contributed by atoms with E-state index in [-0.39, 0.29) is 0 Å². The van der Waals surface area contributed by atoms with Crippen LogP contribution in [0.2, 0.25) is 0 Å². The van der Waals surface area contributed by atoms with E-state index < -0.39 is 0 Å². The van der Waals surface area contributed by atoms with Crippen molar-refractivity contribution in [2.75, 3.05) is 11.5 Å². The number of imidazole rings is 1. The molecule has 4 rings (SSSR count). The van der Waals surface area contributed by atoms with Crippen molar-refractivity contribution in [3.8, 4) is 0 Å². The first kappa shape index (κ1) is 18.4. The zero-order valence-corrected chi connectivity index (χ0v) is 16.3. The minimum Gasteiger partial charge on any atom is -0.382 e. The Kier molecular flexibility index (Phi) is 5.82. The Morgan fingerprint density at radius 3 is 2.54 bits per heavy atom. The molecule has 28 heavy (non-hydrogen) atoms. The third-order valence-corrected chi connectivity index (χ3v) is 5.40. The molecule has 3 aromatic heterocycles. The van der Waals surface area contributed by atoms with Gasteiger partial charge < -0.3 is 10.3 Å². The van der Waals surface area contributed by atoms with Gasteiger partial charge in [-0.2, -0.15) is 0 Å². The maximum Gasteiger partial charge on any atom is 0.191 e. The van der Waals surface area contributed by atoms with Gasteiger partial charge in [0.05, 0.1) is 6.33 Å².